The lowest BCUT2D eigenvalue weighted by molar-refractivity contribution is 0.164. The Balaban J connectivity index is 2.05. The molecule has 3 heteroatoms. The van der Waals surface area contributed by atoms with Crippen LogP contribution in [0.5, 0.6) is 0 Å². The molecule has 1 aromatic carbocycles. The Labute approximate surface area is 94.6 Å². The van der Waals surface area contributed by atoms with Crippen molar-refractivity contribution < 1.29 is 4.84 Å². The quantitative estimate of drug-likeness (QED) is 0.720. The van der Waals surface area contributed by atoms with Gasteiger partial charge in [0.1, 0.15) is 0 Å². The molecule has 2 aromatic rings. The Morgan fingerprint density at radius 2 is 2.06 bits per heavy atom. The summed E-state index contributed by atoms with van der Waals surface area (Å²) in [7, 11) is 0. The SMILES string of the molecule is CC(C)N1O[C@@H]1c1cccc2cccnc12. The van der Waals surface area contributed by atoms with Gasteiger partial charge in [0.15, 0.2) is 6.23 Å². The van der Waals surface area contributed by atoms with E-state index in [1.807, 2.05) is 17.3 Å². The summed E-state index contributed by atoms with van der Waals surface area (Å²) in [4.78, 5) is 10.00. The monoisotopic (exact) mass is 214 g/mol. The van der Waals surface area contributed by atoms with E-state index in [4.69, 9.17) is 4.84 Å². The first-order valence-corrected chi connectivity index (χ1v) is 5.56. The largest absolute Gasteiger partial charge is 0.270 e. The number of fused-ring (bicyclic) bond motifs is 1. The molecule has 0 N–H and O–H groups in total. The number of hydrogen-bond acceptors (Lipinski definition) is 3. The zero-order valence-corrected chi connectivity index (χ0v) is 9.42. The molecular weight excluding hydrogens is 200 g/mol. The molecule has 1 unspecified atom stereocenters. The molecule has 3 nitrogen and oxygen atoms in total. The van der Waals surface area contributed by atoms with E-state index in [0.717, 1.165) is 11.1 Å². The third kappa shape index (κ3) is 1.49. The van der Waals surface area contributed by atoms with Gasteiger partial charge in [-0.25, -0.2) is 0 Å². The maximum atomic E-state index is 5.57. The number of aromatic nitrogens is 1. The first-order chi connectivity index (χ1) is 7.77. The number of hydrogen-bond donors (Lipinski definition) is 0. The molecule has 2 atom stereocenters. The van der Waals surface area contributed by atoms with Crippen LogP contribution in [0.2, 0.25) is 0 Å². The van der Waals surface area contributed by atoms with Gasteiger partial charge in [0.05, 0.1) is 5.52 Å². The fraction of sp³-hybridized carbons (Fsp3) is 0.308. The maximum Gasteiger partial charge on any atom is 0.182 e. The van der Waals surface area contributed by atoms with Crippen molar-refractivity contribution >= 4 is 10.9 Å². The first kappa shape index (κ1) is 9.75. The highest BCUT2D eigenvalue weighted by Gasteiger charge is 2.41. The third-order valence-electron chi connectivity index (χ3n) is 2.85. The Morgan fingerprint density at radius 3 is 2.81 bits per heavy atom. The van der Waals surface area contributed by atoms with Crippen molar-refractivity contribution in [2.75, 3.05) is 0 Å². The summed E-state index contributed by atoms with van der Waals surface area (Å²) in [5.41, 5.74) is 2.20. The van der Waals surface area contributed by atoms with Crippen LogP contribution in [0, 0.1) is 0 Å². The predicted octanol–water partition coefficient (Wildman–Crippen LogP) is 2.89. The summed E-state index contributed by atoms with van der Waals surface area (Å²) >= 11 is 0. The molecule has 16 heavy (non-hydrogen) atoms. The summed E-state index contributed by atoms with van der Waals surface area (Å²) < 4.78 is 0. The smallest absolute Gasteiger partial charge is 0.182 e. The van der Waals surface area contributed by atoms with Crippen molar-refractivity contribution in [2.45, 2.75) is 26.1 Å². The fourth-order valence-corrected chi connectivity index (χ4v) is 2.00. The lowest BCUT2D eigenvalue weighted by Crippen LogP contribution is -2.09. The average Bonchev–Trinajstić information content (AvgIpc) is 3.08. The molecular formula is C13H14N2O. The van der Waals surface area contributed by atoms with Gasteiger partial charge in [-0.05, 0) is 19.9 Å². The van der Waals surface area contributed by atoms with E-state index in [-0.39, 0.29) is 6.23 Å². The Kier molecular flexibility index (Phi) is 2.16. The predicted molar refractivity (Wildman–Crippen MR) is 62.5 cm³/mol. The lowest BCUT2D eigenvalue weighted by Gasteiger charge is -2.04. The number of pyridine rings is 1. The van der Waals surface area contributed by atoms with E-state index in [2.05, 4.69) is 43.1 Å². The van der Waals surface area contributed by atoms with Crippen LogP contribution in [-0.4, -0.2) is 16.1 Å². The van der Waals surface area contributed by atoms with Crippen LogP contribution < -0.4 is 0 Å². The summed E-state index contributed by atoms with van der Waals surface area (Å²) in [5.74, 6) is 0. The van der Waals surface area contributed by atoms with Crippen molar-refractivity contribution in [2.24, 2.45) is 0 Å². The molecule has 1 saturated heterocycles. The van der Waals surface area contributed by atoms with E-state index in [0.29, 0.717) is 6.04 Å². The molecule has 1 aliphatic rings. The zero-order valence-electron chi connectivity index (χ0n) is 9.42. The van der Waals surface area contributed by atoms with Crippen LogP contribution in [-0.2, 0) is 4.84 Å². The summed E-state index contributed by atoms with van der Waals surface area (Å²) in [6, 6.07) is 10.7. The van der Waals surface area contributed by atoms with Gasteiger partial charge in [-0.1, -0.05) is 24.3 Å². The van der Waals surface area contributed by atoms with Gasteiger partial charge < -0.3 is 0 Å². The highest BCUT2D eigenvalue weighted by molar-refractivity contribution is 5.81. The van der Waals surface area contributed by atoms with Crippen molar-refractivity contribution in [3.63, 3.8) is 0 Å². The minimum Gasteiger partial charge on any atom is -0.270 e. The van der Waals surface area contributed by atoms with Crippen LogP contribution in [0.25, 0.3) is 10.9 Å². The van der Waals surface area contributed by atoms with E-state index >= 15 is 0 Å². The Morgan fingerprint density at radius 1 is 1.25 bits per heavy atom. The van der Waals surface area contributed by atoms with Crippen molar-refractivity contribution in [3.8, 4) is 0 Å². The van der Waals surface area contributed by atoms with Crippen molar-refractivity contribution in [3.05, 3.63) is 42.1 Å². The van der Waals surface area contributed by atoms with Gasteiger partial charge in [0.2, 0.25) is 0 Å². The van der Waals surface area contributed by atoms with Crippen molar-refractivity contribution in [1.29, 1.82) is 0 Å². The molecule has 0 aliphatic carbocycles. The standard InChI is InChI=1S/C13H14N2O/c1-9(2)15-13(16-15)11-7-3-5-10-6-4-8-14-12(10)11/h3-9,13H,1-2H3/t13-,15?/m1/s1. The summed E-state index contributed by atoms with van der Waals surface area (Å²) in [6.45, 7) is 4.25. The van der Waals surface area contributed by atoms with Gasteiger partial charge in [0, 0.05) is 23.2 Å². The second kappa shape index (κ2) is 3.54. The van der Waals surface area contributed by atoms with Gasteiger partial charge in [-0.15, -0.1) is 5.06 Å². The van der Waals surface area contributed by atoms with Gasteiger partial charge in [0.25, 0.3) is 0 Å². The molecule has 0 amide bonds. The Hall–Kier alpha value is -1.45. The van der Waals surface area contributed by atoms with E-state index in [9.17, 15) is 0 Å². The number of para-hydroxylation sites is 1. The maximum absolute atomic E-state index is 5.57. The number of rotatable bonds is 2. The number of hydroxylamine groups is 2. The molecule has 0 radical (unpaired) electrons. The molecule has 0 saturated carbocycles. The van der Waals surface area contributed by atoms with Crippen LogP contribution >= 0.6 is 0 Å². The normalized spacial score (nSPS) is 23.9. The summed E-state index contributed by atoms with van der Waals surface area (Å²) in [5, 5.41) is 3.16. The number of benzene rings is 1. The molecule has 1 fully saturated rings. The Bertz CT molecular complexity index is 519. The molecule has 2 heterocycles. The van der Waals surface area contributed by atoms with E-state index in [1.54, 1.807) is 0 Å². The topological polar surface area (TPSA) is 28.4 Å². The van der Waals surface area contributed by atoms with Crippen LogP contribution in [0.3, 0.4) is 0 Å². The van der Waals surface area contributed by atoms with Gasteiger partial charge >= 0.3 is 0 Å². The second-order valence-electron chi connectivity index (χ2n) is 4.33. The molecule has 1 aliphatic heterocycles. The third-order valence-corrected chi connectivity index (χ3v) is 2.85. The average molecular weight is 214 g/mol. The van der Waals surface area contributed by atoms with Crippen molar-refractivity contribution in [1.82, 2.24) is 10.0 Å². The van der Waals surface area contributed by atoms with Gasteiger partial charge in [-0.3, -0.25) is 9.82 Å². The molecule has 0 spiro atoms. The van der Waals surface area contributed by atoms with Gasteiger partial charge in [-0.2, -0.15) is 0 Å². The van der Waals surface area contributed by atoms with E-state index in [1.165, 1.54) is 5.39 Å². The number of nitrogens with zero attached hydrogens (tertiary/aromatic N) is 2. The fourth-order valence-electron chi connectivity index (χ4n) is 2.00. The second-order valence-corrected chi connectivity index (χ2v) is 4.33. The highest BCUT2D eigenvalue weighted by Crippen LogP contribution is 2.41. The van der Waals surface area contributed by atoms with E-state index < -0.39 is 0 Å². The molecule has 0 bridgehead atoms. The highest BCUT2D eigenvalue weighted by atomic mass is 16.8. The van der Waals surface area contributed by atoms with Crippen LogP contribution in [0.4, 0.5) is 0 Å². The molecule has 1 aromatic heterocycles. The zero-order chi connectivity index (χ0) is 11.1. The lowest BCUT2D eigenvalue weighted by atomic mass is 10.1. The first-order valence-electron chi connectivity index (χ1n) is 5.56. The minimum absolute atomic E-state index is 0.0820. The summed E-state index contributed by atoms with van der Waals surface area (Å²) in [6.07, 6.45) is 1.91. The minimum atomic E-state index is 0.0820. The van der Waals surface area contributed by atoms with Crippen LogP contribution in [0.15, 0.2) is 36.5 Å². The molecule has 3 rings (SSSR count). The molecule has 82 valence electrons. The van der Waals surface area contributed by atoms with Crippen LogP contribution in [0.1, 0.15) is 25.6 Å².